The van der Waals surface area contributed by atoms with Crippen molar-refractivity contribution < 1.29 is 4.39 Å². The predicted molar refractivity (Wildman–Crippen MR) is 81.3 cm³/mol. The molecule has 0 amide bonds. The Morgan fingerprint density at radius 3 is 2.68 bits per heavy atom. The van der Waals surface area contributed by atoms with Crippen LogP contribution in [-0.2, 0) is 6.54 Å². The number of thioether (sulfide) groups is 1. The quantitative estimate of drug-likeness (QED) is 0.597. The molecule has 1 aromatic carbocycles. The summed E-state index contributed by atoms with van der Waals surface area (Å²) in [5, 5.41) is 7.39. The fourth-order valence-electron chi connectivity index (χ4n) is 2.06. The molecular weight excluding hydrogens is 261 g/mol. The first-order chi connectivity index (χ1) is 8.97. The van der Waals surface area contributed by atoms with Crippen LogP contribution in [0.4, 0.5) is 4.39 Å². The second-order valence-electron chi connectivity index (χ2n) is 4.69. The third-order valence-corrected chi connectivity index (χ3v) is 3.87. The summed E-state index contributed by atoms with van der Waals surface area (Å²) < 4.78 is 13.5. The summed E-state index contributed by atoms with van der Waals surface area (Å²) in [4.78, 5) is 2.22. The van der Waals surface area contributed by atoms with Gasteiger partial charge in [-0.1, -0.05) is 6.92 Å². The normalized spacial score (nSPS) is 12.7. The Balaban J connectivity index is 2.83. The van der Waals surface area contributed by atoms with Gasteiger partial charge in [0.25, 0.3) is 0 Å². The molecule has 1 atom stereocenters. The molecule has 0 saturated carbocycles. The molecule has 0 fully saturated rings. The molecule has 0 aromatic heterocycles. The fraction of sp³-hybridized carbons (Fsp3) is 0.500. The molecule has 5 heteroatoms. The molecule has 0 heterocycles. The minimum absolute atomic E-state index is 0.0976. The molecule has 1 aromatic rings. The van der Waals surface area contributed by atoms with E-state index in [-0.39, 0.29) is 11.7 Å². The highest BCUT2D eigenvalue weighted by molar-refractivity contribution is 7.98. The molecule has 19 heavy (non-hydrogen) atoms. The van der Waals surface area contributed by atoms with Gasteiger partial charge in [-0.15, -0.1) is 0 Å². The summed E-state index contributed by atoms with van der Waals surface area (Å²) >= 11 is 1.81. The number of nitrogens with one attached hydrogen (secondary N) is 1. The molecule has 0 radical (unpaired) electrons. The highest BCUT2D eigenvalue weighted by Gasteiger charge is 2.13. The molecule has 0 aliphatic carbocycles. The van der Waals surface area contributed by atoms with E-state index in [1.807, 2.05) is 18.8 Å². The summed E-state index contributed by atoms with van der Waals surface area (Å²) in [6.45, 7) is 2.82. The van der Waals surface area contributed by atoms with Gasteiger partial charge in [0.1, 0.15) is 11.7 Å². The maximum Gasteiger partial charge on any atom is 0.124 e. The van der Waals surface area contributed by atoms with Crippen LogP contribution in [0.25, 0.3) is 0 Å². The lowest BCUT2D eigenvalue weighted by molar-refractivity contribution is 0.247. The molecule has 0 saturated heterocycles. The van der Waals surface area contributed by atoms with E-state index in [9.17, 15) is 4.39 Å². The SMILES string of the molecule is CCC(CSC)N(C)Cc1cc(F)cc(C(=N)N)c1. The monoisotopic (exact) mass is 283 g/mol. The van der Waals surface area contributed by atoms with Crippen molar-refractivity contribution in [2.75, 3.05) is 19.1 Å². The smallest absolute Gasteiger partial charge is 0.124 e. The standard InChI is InChI=1S/C14H22FN3S/c1-4-13(9-19-3)18(2)8-10-5-11(14(16)17)7-12(15)6-10/h5-7,13H,4,8-9H2,1-3H3,(H3,16,17). The average molecular weight is 283 g/mol. The number of amidine groups is 1. The Bertz CT molecular complexity index is 437. The lowest BCUT2D eigenvalue weighted by atomic mass is 10.1. The number of rotatable bonds is 7. The first-order valence-corrected chi connectivity index (χ1v) is 7.70. The summed E-state index contributed by atoms with van der Waals surface area (Å²) in [7, 11) is 2.04. The van der Waals surface area contributed by atoms with Crippen molar-refractivity contribution in [3.05, 3.63) is 35.1 Å². The Morgan fingerprint density at radius 2 is 2.16 bits per heavy atom. The second-order valence-corrected chi connectivity index (χ2v) is 5.61. The number of nitrogen functional groups attached to an aromatic ring is 1. The number of nitrogens with two attached hydrogens (primary N) is 1. The lowest BCUT2D eigenvalue weighted by Crippen LogP contribution is -2.32. The van der Waals surface area contributed by atoms with E-state index >= 15 is 0 Å². The molecule has 106 valence electrons. The van der Waals surface area contributed by atoms with Gasteiger partial charge in [-0.2, -0.15) is 11.8 Å². The minimum atomic E-state index is -0.339. The molecule has 1 rings (SSSR count). The average Bonchev–Trinajstić information content (AvgIpc) is 2.34. The molecule has 0 spiro atoms. The van der Waals surface area contributed by atoms with Gasteiger partial charge in [0, 0.05) is 23.9 Å². The summed E-state index contributed by atoms with van der Waals surface area (Å²) in [6.07, 6.45) is 3.15. The van der Waals surface area contributed by atoms with Crippen LogP contribution in [0.2, 0.25) is 0 Å². The number of hydrogen-bond acceptors (Lipinski definition) is 3. The highest BCUT2D eigenvalue weighted by atomic mass is 32.2. The third-order valence-electron chi connectivity index (χ3n) is 3.15. The van der Waals surface area contributed by atoms with Crippen molar-refractivity contribution in [1.82, 2.24) is 4.90 Å². The van der Waals surface area contributed by atoms with E-state index < -0.39 is 0 Å². The van der Waals surface area contributed by atoms with E-state index in [0.717, 1.165) is 17.7 Å². The van der Waals surface area contributed by atoms with Crippen LogP contribution < -0.4 is 5.73 Å². The maximum atomic E-state index is 13.5. The fourth-order valence-corrected chi connectivity index (χ4v) is 2.94. The van der Waals surface area contributed by atoms with Crippen molar-refractivity contribution >= 4 is 17.6 Å². The number of nitrogens with zero attached hydrogens (tertiary/aromatic N) is 1. The third kappa shape index (κ3) is 4.84. The van der Waals surface area contributed by atoms with Crippen molar-refractivity contribution in [3.63, 3.8) is 0 Å². The molecule has 0 bridgehead atoms. The van der Waals surface area contributed by atoms with Gasteiger partial charge in [-0.3, -0.25) is 10.3 Å². The van der Waals surface area contributed by atoms with Crippen molar-refractivity contribution in [2.45, 2.75) is 25.9 Å². The minimum Gasteiger partial charge on any atom is -0.384 e. The Morgan fingerprint density at radius 1 is 1.47 bits per heavy atom. The van der Waals surface area contributed by atoms with Crippen molar-refractivity contribution in [2.24, 2.45) is 5.73 Å². The van der Waals surface area contributed by atoms with Crippen LogP contribution >= 0.6 is 11.8 Å². The highest BCUT2D eigenvalue weighted by Crippen LogP contribution is 2.15. The van der Waals surface area contributed by atoms with Crippen LogP contribution in [0.1, 0.15) is 24.5 Å². The van der Waals surface area contributed by atoms with E-state index in [1.54, 1.807) is 6.07 Å². The summed E-state index contributed by atoms with van der Waals surface area (Å²) in [5.41, 5.74) is 6.72. The molecule has 3 nitrogen and oxygen atoms in total. The van der Waals surface area contributed by atoms with E-state index in [1.165, 1.54) is 12.1 Å². The zero-order valence-corrected chi connectivity index (χ0v) is 12.6. The van der Waals surface area contributed by atoms with Gasteiger partial charge in [-0.05, 0) is 43.5 Å². The topological polar surface area (TPSA) is 53.1 Å². The largest absolute Gasteiger partial charge is 0.384 e. The molecule has 1 unspecified atom stereocenters. The number of benzene rings is 1. The second kappa shape index (κ2) is 7.50. The lowest BCUT2D eigenvalue weighted by Gasteiger charge is -2.26. The molecule has 0 aliphatic heterocycles. The van der Waals surface area contributed by atoms with Gasteiger partial charge in [0.15, 0.2) is 0 Å². The zero-order chi connectivity index (χ0) is 14.4. The number of halogens is 1. The molecule has 0 aliphatic rings. The van der Waals surface area contributed by atoms with Crippen LogP contribution in [0.15, 0.2) is 18.2 Å². The summed E-state index contributed by atoms with van der Waals surface area (Å²) in [6, 6.07) is 5.06. The Hall–Kier alpha value is -1.07. The first-order valence-electron chi connectivity index (χ1n) is 6.31. The van der Waals surface area contributed by atoms with Gasteiger partial charge >= 0.3 is 0 Å². The van der Waals surface area contributed by atoms with E-state index in [4.69, 9.17) is 11.1 Å². The predicted octanol–water partition coefficient (Wildman–Crippen LogP) is 2.68. The summed E-state index contributed by atoms with van der Waals surface area (Å²) in [5.74, 6) is 0.621. The Kier molecular flexibility index (Phi) is 6.31. The van der Waals surface area contributed by atoms with E-state index in [2.05, 4.69) is 18.1 Å². The van der Waals surface area contributed by atoms with Gasteiger partial charge in [0.05, 0.1) is 0 Å². The Labute approximate surface area is 118 Å². The van der Waals surface area contributed by atoms with Crippen LogP contribution in [0.5, 0.6) is 0 Å². The molecular formula is C14H22FN3S. The van der Waals surface area contributed by atoms with Gasteiger partial charge < -0.3 is 5.73 Å². The molecule has 3 N–H and O–H groups in total. The van der Waals surface area contributed by atoms with Crippen LogP contribution in [0, 0.1) is 11.2 Å². The zero-order valence-electron chi connectivity index (χ0n) is 11.7. The van der Waals surface area contributed by atoms with E-state index in [0.29, 0.717) is 18.2 Å². The van der Waals surface area contributed by atoms with Crippen molar-refractivity contribution in [3.8, 4) is 0 Å². The van der Waals surface area contributed by atoms with Crippen LogP contribution in [0.3, 0.4) is 0 Å². The van der Waals surface area contributed by atoms with Gasteiger partial charge in [0.2, 0.25) is 0 Å². The first kappa shape index (κ1) is 16.0. The number of hydrogen-bond donors (Lipinski definition) is 2. The van der Waals surface area contributed by atoms with Gasteiger partial charge in [-0.25, -0.2) is 4.39 Å². The maximum absolute atomic E-state index is 13.5. The van der Waals surface area contributed by atoms with Crippen LogP contribution in [-0.4, -0.2) is 35.8 Å². The van der Waals surface area contributed by atoms with Crippen molar-refractivity contribution in [1.29, 1.82) is 5.41 Å².